The molecule has 1 fully saturated rings. The van der Waals surface area contributed by atoms with E-state index in [1.54, 1.807) is 0 Å². The molecule has 1 saturated carbocycles. The van der Waals surface area contributed by atoms with Crippen molar-refractivity contribution >= 4 is 23.2 Å². The molecule has 4 heteroatoms. The minimum Gasteiger partial charge on any atom is -0.379 e. The highest BCUT2D eigenvalue weighted by atomic mass is 35.5. The van der Waals surface area contributed by atoms with Crippen LogP contribution in [0.15, 0.2) is 24.3 Å². The second-order valence-corrected chi connectivity index (χ2v) is 7.26. The van der Waals surface area contributed by atoms with Crippen LogP contribution in [0.2, 0.25) is 0 Å². The molecular formula is C17H24ClNO2. The van der Waals surface area contributed by atoms with Crippen LogP contribution in [0.25, 0.3) is 0 Å². The molecule has 0 bridgehead atoms. The Bertz CT molecular complexity index is 492. The molecule has 21 heavy (non-hydrogen) atoms. The lowest BCUT2D eigenvalue weighted by molar-refractivity contribution is -0.116. The van der Waals surface area contributed by atoms with E-state index in [9.17, 15) is 4.79 Å². The Labute approximate surface area is 132 Å². The lowest BCUT2D eigenvalue weighted by atomic mass is 9.86. The molecular weight excluding hydrogens is 286 g/mol. The summed E-state index contributed by atoms with van der Waals surface area (Å²) in [5.74, 6) is 0.475. The van der Waals surface area contributed by atoms with Crippen LogP contribution in [0.5, 0.6) is 0 Å². The number of ether oxygens (including phenoxy) is 1. The van der Waals surface area contributed by atoms with E-state index in [0.717, 1.165) is 17.9 Å². The summed E-state index contributed by atoms with van der Waals surface area (Å²) in [6.07, 6.45) is 2.47. The van der Waals surface area contributed by atoms with Crippen molar-refractivity contribution in [3.05, 3.63) is 29.8 Å². The molecule has 0 aliphatic heterocycles. The number of alkyl halides is 1. The maximum absolute atomic E-state index is 12.2. The first-order valence-corrected chi connectivity index (χ1v) is 7.94. The number of halogens is 1. The maximum atomic E-state index is 12.2. The van der Waals surface area contributed by atoms with Crippen molar-refractivity contribution < 1.29 is 9.53 Å². The summed E-state index contributed by atoms with van der Waals surface area (Å²) in [6, 6.07) is 7.83. The average molecular weight is 310 g/mol. The Morgan fingerprint density at radius 1 is 1.38 bits per heavy atom. The van der Waals surface area contributed by atoms with Gasteiger partial charge in [0.2, 0.25) is 5.91 Å². The molecule has 1 aliphatic carbocycles. The Morgan fingerprint density at radius 2 is 2.05 bits per heavy atom. The van der Waals surface area contributed by atoms with Crippen molar-refractivity contribution in [3.8, 4) is 0 Å². The van der Waals surface area contributed by atoms with Crippen LogP contribution in [0.3, 0.4) is 0 Å². The number of carbonyl (C=O) groups is 1. The lowest BCUT2D eigenvalue weighted by Gasteiger charge is -2.23. The van der Waals surface area contributed by atoms with Gasteiger partial charge in [-0.15, -0.1) is 11.6 Å². The minimum atomic E-state index is -0.656. The first-order valence-electron chi connectivity index (χ1n) is 7.50. The summed E-state index contributed by atoms with van der Waals surface area (Å²) in [7, 11) is 0. The maximum Gasteiger partial charge on any atom is 0.244 e. The molecule has 3 nitrogen and oxygen atoms in total. The van der Waals surface area contributed by atoms with E-state index in [-0.39, 0.29) is 17.9 Å². The zero-order chi connectivity index (χ0) is 15.5. The summed E-state index contributed by atoms with van der Waals surface area (Å²) in [5.41, 5.74) is 1.89. The Hall–Kier alpha value is -1.06. The van der Waals surface area contributed by atoms with Crippen molar-refractivity contribution in [1.82, 2.24) is 0 Å². The van der Waals surface area contributed by atoms with E-state index in [2.05, 4.69) is 26.1 Å². The fourth-order valence-electron chi connectivity index (χ4n) is 2.16. The molecule has 1 N–H and O–H groups in total. The standard InChI is InChI=1S/C17H24ClNO2/c1-17(2,3)13-6-4-5-7-15(13)19-16(20)14(18)11-21-10-12-8-9-12/h4-7,12,14H,8-11H2,1-3H3,(H,19,20). The second kappa shape index (κ2) is 6.80. The van der Waals surface area contributed by atoms with Gasteiger partial charge in [0.1, 0.15) is 5.38 Å². The molecule has 0 heterocycles. The molecule has 1 unspecified atom stereocenters. The van der Waals surface area contributed by atoms with E-state index in [0.29, 0.717) is 5.92 Å². The molecule has 1 aromatic rings. The first-order chi connectivity index (χ1) is 9.88. The molecule has 116 valence electrons. The molecule has 1 atom stereocenters. The average Bonchev–Trinajstić information content (AvgIpc) is 3.22. The number of hydrogen-bond donors (Lipinski definition) is 1. The third kappa shape index (κ3) is 5.01. The van der Waals surface area contributed by atoms with Gasteiger partial charge in [0, 0.05) is 12.3 Å². The van der Waals surface area contributed by atoms with Crippen LogP contribution in [0.1, 0.15) is 39.2 Å². The van der Waals surface area contributed by atoms with Crippen LogP contribution in [-0.2, 0) is 14.9 Å². The number of amides is 1. The van der Waals surface area contributed by atoms with Crippen LogP contribution in [0.4, 0.5) is 5.69 Å². The van der Waals surface area contributed by atoms with Crippen molar-refractivity contribution in [2.75, 3.05) is 18.5 Å². The van der Waals surface area contributed by atoms with Crippen molar-refractivity contribution in [2.45, 2.75) is 44.4 Å². The van der Waals surface area contributed by atoms with Gasteiger partial charge in [-0.2, -0.15) is 0 Å². The summed E-state index contributed by atoms with van der Waals surface area (Å²) in [5, 5.41) is 2.26. The van der Waals surface area contributed by atoms with Gasteiger partial charge < -0.3 is 10.1 Å². The first kappa shape index (κ1) is 16.3. The van der Waals surface area contributed by atoms with Crippen LogP contribution in [0, 0.1) is 5.92 Å². The molecule has 1 aliphatic rings. The molecule has 1 amide bonds. The molecule has 1 aromatic carbocycles. The van der Waals surface area contributed by atoms with Crippen LogP contribution >= 0.6 is 11.6 Å². The van der Waals surface area contributed by atoms with Gasteiger partial charge in [-0.1, -0.05) is 39.0 Å². The number of nitrogens with one attached hydrogen (secondary N) is 1. The zero-order valence-electron chi connectivity index (χ0n) is 13.0. The van der Waals surface area contributed by atoms with Gasteiger partial charge in [-0.05, 0) is 35.8 Å². The fourth-order valence-corrected chi connectivity index (χ4v) is 2.30. The molecule has 2 rings (SSSR count). The zero-order valence-corrected chi connectivity index (χ0v) is 13.7. The predicted octanol–water partition coefficient (Wildman–Crippen LogP) is 3.96. The van der Waals surface area contributed by atoms with Gasteiger partial charge in [0.15, 0.2) is 0 Å². The highest BCUT2D eigenvalue weighted by molar-refractivity contribution is 6.32. The lowest BCUT2D eigenvalue weighted by Crippen LogP contribution is -2.29. The number of anilines is 1. The largest absolute Gasteiger partial charge is 0.379 e. The SMILES string of the molecule is CC(C)(C)c1ccccc1NC(=O)C(Cl)COCC1CC1. The Morgan fingerprint density at radius 3 is 2.67 bits per heavy atom. The predicted molar refractivity (Wildman–Crippen MR) is 87.0 cm³/mol. The summed E-state index contributed by atoms with van der Waals surface area (Å²) < 4.78 is 5.48. The molecule has 0 saturated heterocycles. The van der Waals surface area contributed by atoms with Gasteiger partial charge in [-0.3, -0.25) is 4.79 Å². The Kier molecular flexibility index (Phi) is 5.28. The molecule has 0 radical (unpaired) electrons. The molecule has 0 aromatic heterocycles. The van der Waals surface area contributed by atoms with Crippen molar-refractivity contribution in [3.63, 3.8) is 0 Å². The van der Waals surface area contributed by atoms with Gasteiger partial charge in [0.05, 0.1) is 6.61 Å². The van der Waals surface area contributed by atoms with E-state index < -0.39 is 5.38 Å². The monoisotopic (exact) mass is 309 g/mol. The normalized spacial score (nSPS) is 16.6. The number of rotatable bonds is 6. The third-order valence-electron chi connectivity index (χ3n) is 3.59. The summed E-state index contributed by atoms with van der Waals surface area (Å²) in [6.45, 7) is 7.34. The number of para-hydroxylation sites is 1. The highest BCUT2D eigenvalue weighted by Gasteiger charge is 2.24. The highest BCUT2D eigenvalue weighted by Crippen LogP contribution is 2.30. The Balaban J connectivity index is 1.92. The number of carbonyl (C=O) groups excluding carboxylic acids is 1. The fraction of sp³-hybridized carbons (Fsp3) is 0.588. The quantitative estimate of drug-likeness (QED) is 0.808. The number of benzene rings is 1. The molecule has 0 spiro atoms. The summed E-state index contributed by atoms with van der Waals surface area (Å²) >= 11 is 6.11. The van der Waals surface area contributed by atoms with Gasteiger partial charge >= 0.3 is 0 Å². The van der Waals surface area contributed by atoms with Gasteiger partial charge in [0.25, 0.3) is 0 Å². The van der Waals surface area contributed by atoms with Crippen molar-refractivity contribution in [1.29, 1.82) is 0 Å². The smallest absolute Gasteiger partial charge is 0.244 e. The number of hydrogen-bond acceptors (Lipinski definition) is 2. The third-order valence-corrected chi connectivity index (χ3v) is 3.92. The van der Waals surface area contributed by atoms with Crippen LogP contribution < -0.4 is 5.32 Å². The van der Waals surface area contributed by atoms with E-state index in [1.807, 2.05) is 24.3 Å². The van der Waals surface area contributed by atoms with Crippen molar-refractivity contribution in [2.24, 2.45) is 5.92 Å². The van der Waals surface area contributed by atoms with Crippen LogP contribution in [-0.4, -0.2) is 24.5 Å². The minimum absolute atomic E-state index is 0.0336. The second-order valence-electron chi connectivity index (χ2n) is 6.73. The van der Waals surface area contributed by atoms with E-state index >= 15 is 0 Å². The van der Waals surface area contributed by atoms with E-state index in [1.165, 1.54) is 12.8 Å². The summed E-state index contributed by atoms with van der Waals surface area (Å²) in [4.78, 5) is 12.2. The van der Waals surface area contributed by atoms with Gasteiger partial charge in [-0.25, -0.2) is 0 Å². The topological polar surface area (TPSA) is 38.3 Å². The van der Waals surface area contributed by atoms with E-state index in [4.69, 9.17) is 16.3 Å².